The maximum Gasteiger partial charge on any atom is 0.336 e. The van der Waals surface area contributed by atoms with Gasteiger partial charge in [0.15, 0.2) is 0 Å². The number of rotatable bonds is 4. The van der Waals surface area contributed by atoms with E-state index in [1.807, 2.05) is 43.3 Å². The molecule has 0 saturated heterocycles. The van der Waals surface area contributed by atoms with Crippen molar-refractivity contribution in [3.8, 4) is 17.0 Å². The van der Waals surface area contributed by atoms with E-state index in [-0.39, 0.29) is 5.56 Å². The van der Waals surface area contributed by atoms with E-state index in [1.165, 1.54) is 0 Å². The summed E-state index contributed by atoms with van der Waals surface area (Å²) in [5.41, 5.74) is 3.40. The van der Waals surface area contributed by atoms with Crippen LogP contribution < -0.4 is 4.74 Å². The first kappa shape index (κ1) is 15.0. The van der Waals surface area contributed by atoms with Crippen LogP contribution in [0.25, 0.3) is 22.2 Å². The molecule has 0 aliphatic heterocycles. The molecule has 0 saturated carbocycles. The summed E-state index contributed by atoms with van der Waals surface area (Å²) >= 11 is 0. The topological polar surface area (TPSA) is 59.4 Å². The van der Waals surface area contributed by atoms with Crippen molar-refractivity contribution in [1.29, 1.82) is 0 Å². The summed E-state index contributed by atoms with van der Waals surface area (Å²) in [5.74, 6) is -0.286. The average Bonchev–Trinajstić information content (AvgIpc) is 2.59. The number of para-hydroxylation sites is 2. The smallest absolute Gasteiger partial charge is 0.336 e. The Kier molecular flexibility index (Phi) is 3.98. The number of methoxy groups -OCH3 is 1. The number of ether oxygens (including phenoxy) is 1. The van der Waals surface area contributed by atoms with Crippen LogP contribution >= 0.6 is 0 Å². The summed E-state index contributed by atoms with van der Waals surface area (Å²) in [5, 5.41) is 10.2. The Morgan fingerprint density at radius 3 is 2.65 bits per heavy atom. The first-order valence-electron chi connectivity index (χ1n) is 7.45. The van der Waals surface area contributed by atoms with E-state index in [0.29, 0.717) is 16.8 Å². The van der Waals surface area contributed by atoms with Gasteiger partial charge in [0, 0.05) is 10.9 Å². The Hall–Kier alpha value is -2.88. The number of hydrogen-bond acceptors (Lipinski definition) is 3. The van der Waals surface area contributed by atoms with Gasteiger partial charge in [-0.25, -0.2) is 9.78 Å². The summed E-state index contributed by atoms with van der Waals surface area (Å²) in [7, 11) is 1.59. The van der Waals surface area contributed by atoms with Gasteiger partial charge >= 0.3 is 5.97 Å². The Balaban J connectivity index is 2.36. The summed E-state index contributed by atoms with van der Waals surface area (Å²) in [6.45, 7) is 2.03. The van der Waals surface area contributed by atoms with Crippen molar-refractivity contribution in [3.05, 3.63) is 59.7 Å². The third-order valence-corrected chi connectivity index (χ3v) is 3.92. The zero-order chi connectivity index (χ0) is 16.4. The second-order valence-corrected chi connectivity index (χ2v) is 5.23. The van der Waals surface area contributed by atoms with E-state index in [0.717, 1.165) is 23.1 Å². The molecule has 3 rings (SSSR count). The lowest BCUT2D eigenvalue weighted by Crippen LogP contribution is -2.02. The maximum absolute atomic E-state index is 11.7. The summed E-state index contributed by atoms with van der Waals surface area (Å²) in [6.07, 6.45) is 0.790. The second-order valence-electron chi connectivity index (χ2n) is 5.23. The number of carboxylic acid groups (broad SMARTS) is 1. The zero-order valence-corrected chi connectivity index (χ0v) is 13.0. The quantitative estimate of drug-likeness (QED) is 0.786. The molecule has 0 atom stereocenters. The van der Waals surface area contributed by atoms with Crippen LogP contribution in [0.1, 0.15) is 22.8 Å². The van der Waals surface area contributed by atoms with Gasteiger partial charge in [-0.15, -0.1) is 0 Å². The number of aromatic nitrogens is 1. The van der Waals surface area contributed by atoms with Gasteiger partial charge in [0.25, 0.3) is 0 Å². The van der Waals surface area contributed by atoms with Crippen LogP contribution in [0.5, 0.6) is 5.75 Å². The Bertz CT molecular complexity index is 887. The highest BCUT2D eigenvalue weighted by Crippen LogP contribution is 2.32. The molecule has 0 aliphatic carbocycles. The predicted molar refractivity (Wildman–Crippen MR) is 90.1 cm³/mol. The molecule has 0 bridgehead atoms. The van der Waals surface area contributed by atoms with E-state index in [4.69, 9.17) is 9.72 Å². The molecule has 0 amide bonds. The number of pyridine rings is 1. The Morgan fingerprint density at radius 2 is 1.96 bits per heavy atom. The summed E-state index contributed by atoms with van der Waals surface area (Å²) < 4.78 is 5.38. The molecule has 0 fully saturated rings. The molecule has 0 unspecified atom stereocenters. The summed E-state index contributed by atoms with van der Waals surface area (Å²) in [4.78, 5) is 16.4. The number of fused-ring (bicyclic) bond motifs is 1. The van der Waals surface area contributed by atoms with Crippen LogP contribution in [0, 0.1) is 0 Å². The van der Waals surface area contributed by atoms with Crippen LogP contribution in [0.4, 0.5) is 0 Å². The van der Waals surface area contributed by atoms with Gasteiger partial charge < -0.3 is 9.84 Å². The van der Waals surface area contributed by atoms with Crippen molar-refractivity contribution in [3.63, 3.8) is 0 Å². The molecule has 23 heavy (non-hydrogen) atoms. The summed E-state index contributed by atoms with van der Waals surface area (Å²) in [6, 6.07) is 14.7. The van der Waals surface area contributed by atoms with Crippen LogP contribution in [0.2, 0.25) is 0 Å². The van der Waals surface area contributed by atoms with Gasteiger partial charge in [-0.05, 0) is 30.2 Å². The monoisotopic (exact) mass is 307 g/mol. The minimum atomic E-state index is -0.957. The van der Waals surface area contributed by atoms with E-state index in [1.54, 1.807) is 19.2 Å². The fourth-order valence-corrected chi connectivity index (χ4v) is 2.76. The minimum Gasteiger partial charge on any atom is -0.496 e. The third kappa shape index (κ3) is 2.63. The van der Waals surface area contributed by atoms with Crippen LogP contribution in [0.15, 0.2) is 48.5 Å². The molecule has 2 aromatic carbocycles. The molecule has 0 spiro atoms. The van der Waals surface area contributed by atoms with Crippen molar-refractivity contribution in [2.24, 2.45) is 0 Å². The molecule has 3 aromatic rings. The fourth-order valence-electron chi connectivity index (χ4n) is 2.76. The van der Waals surface area contributed by atoms with Crippen molar-refractivity contribution < 1.29 is 14.6 Å². The van der Waals surface area contributed by atoms with Crippen molar-refractivity contribution in [2.75, 3.05) is 7.11 Å². The van der Waals surface area contributed by atoms with Gasteiger partial charge in [-0.2, -0.15) is 0 Å². The van der Waals surface area contributed by atoms with E-state index >= 15 is 0 Å². The fraction of sp³-hybridized carbons (Fsp3) is 0.158. The zero-order valence-electron chi connectivity index (χ0n) is 13.0. The van der Waals surface area contributed by atoms with E-state index in [9.17, 15) is 9.90 Å². The SMILES string of the molecule is CCc1cccc2c(C(=O)O)cc(-c3ccccc3OC)nc12. The standard InChI is InChI=1S/C19H17NO3/c1-3-12-7-6-9-13-15(19(21)22)11-16(20-18(12)13)14-8-4-5-10-17(14)23-2/h4-11H,3H2,1-2H3,(H,21,22). The number of carbonyl (C=O) groups is 1. The number of aryl methyl sites for hydroxylation is 1. The van der Waals surface area contributed by atoms with Crippen LogP contribution in [-0.2, 0) is 6.42 Å². The van der Waals surface area contributed by atoms with Crippen LogP contribution in [0.3, 0.4) is 0 Å². The number of aromatic carboxylic acids is 1. The largest absolute Gasteiger partial charge is 0.496 e. The Morgan fingerprint density at radius 1 is 1.17 bits per heavy atom. The van der Waals surface area contributed by atoms with Crippen LogP contribution in [-0.4, -0.2) is 23.2 Å². The molecule has 1 N–H and O–H groups in total. The molecule has 0 radical (unpaired) electrons. The lowest BCUT2D eigenvalue weighted by Gasteiger charge is -2.12. The number of carboxylic acids is 1. The minimum absolute atomic E-state index is 0.256. The second kappa shape index (κ2) is 6.08. The first-order chi connectivity index (χ1) is 11.2. The van der Waals surface area contributed by atoms with E-state index < -0.39 is 5.97 Å². The highest BCUT2D eigenvalue weighted by Gasteiger charge is 2.16. The van der Waals surface area contributed by atoms with Gasteiger partial charge in [-0.1, -0.05) is 37.3 Å². The molecule has 1 heterocycles. The third-order valence-electron chi connectivity index (χ3n) is 3.92. The van der Waals surface area contributed by atoms with Crippen molar-refractivity contribution in [1.82, 2.24) is 4.98 Å². The number of nitrogens with zero attached hydrogens (tertiary/aromatic N) is 1. The van der Waals surface area contributed by atoms with Gasteiger partial charge in [-0.3, -0.25) is 0 Å². The highest BCUT2D eigenvalue weighted by molar-refractivity contribution is 6.04. The van der Waals surface area contributed by atoms with Crippen molar-refractivity contribution in [2.45, 2.75) is 13.3 Å². The van der Waals surface area contributed by atoms with E-state index in [2.05, 4.69) is 0 Å². The first-order valence-corrected chi connectivity index (χ1v) is 7.45. The molecule has 0 aliphatic rings. The molecule has 1 aromatic heterocycles. The Labute approximate surface area is 134 Å². The molecule has 4 nitrogen and oxygen atoms in total. The van der Waals surface area contributed by atoms with Crippen molar-refractivity contribution >= 4 is 16.9 Å². The molecular weight excluding hydrogens is 290 g/mol. The molecule has 116 valence electrons. The van der Waals surface area contributed by atoms with Gasteiger partial charge in [0.1, 0.15) is 5.75 Å². The average molecular weight is 307 g/mol. The predicted octanol–water partition coefficient (Wildman–Crippen LogP) is 4.17. The van der Waals surface area contributed by atoms with Gasteiger partial charge in [0.2, 0.25) is 0 Å². The lowest BCUT2D eigenvalue weighted by atomic mass is 10.0. The number of benzene rings is 2. The highest BCUT2D eigenvalue weighted by atomic mass is 16.5. The maximum atomic E-state index is 11.7. The molecular formula is C19H17NO3. The van der Waals surface area contributed by atoms with Gasteiger partial charge in [0.05, 0.1) is 23.9 Å². The molecule has 4 heteroatoms. The lowest BCUT2D eigenvalue weighted by molar-refractivity contribution is 0.0699. The normalized spacial score (nSPS) is 10.7. The number of hydrogen-bond donors (Lipinski definition) is 1.